The van der Waals surface area contributed by atoms with E-state index in [0.717, 1.165) is 31.6 Å². The minimum Gasteiger partial charge on any atom is -0.488 e. The molecule has 3 rings (SSSR count). The zero-order valence-corrected chi connectivity index (χ0v) is 14.2. The van der Waals surface area contributed by atoms with Gasteiger partial charge >= 0.3 is 5.97 Å². The van der Waals surface area contributed by atoms with Gasteiger partial charge in [-0.15, -0.1) is 0 Å². The van der Waals surface area contributed by atoms with Gasteiger partial charge in [0.1, 0.15) is 0 Å². The van der Waals surface area contributed by atoms with Gasteiger partial charge in [0.2, 0.25) is 0 Å². The van der Waals surface area contributed by atoms with Gasteiger partial charge in [0, 0.05) is 18.8 Å². The van der Waals surface area contributed by atoms with E-state index in [4.69, 9.17) is 14.2 Å². The monoisotopic (exact) mass is 346 g/mol. The van der Waals surface area contributed by atoms with Crippen LogP contribution in [0.3, 0.4) is 0 Å². The number of allylic oxidation sites excluding steroid dienone is 1. The van der Waals surface area contributed by atoms with E-state index in [-0.39, 0.29) is 5.91 Å². The van der Waals surface area contributed by atoms with Crippen LogP contribution in [-0.2, 0) is 19.0 Å². The number of nitrogens with zero attached hydrogens (tertiary/aromatic N) is 1. The topological polar surface area (TPSA) is 77.1 Å². The first kappa shape index (κ1) is 17.3. The van der Waals surface area contributed by atoms with Gasteiger partial charge in [-0.25, -0.2) is 4.79 Å². The number of carbonyl (C=O) groups excluding carboxylic acids is 2. The van der Waals surface area contributed by atoms with Gasteiger partial charge in [0.05, 0.1) is 38.2 Å². The van der Waals surface area contributed by atoms with Crippen LogP contribution in [0.4, 0.5) is 11.4 Å². The highest BCUT2D eigenvalue weighted by molar-refractivity contribution is 6.07. The van der Waals surface area contributed by atoms with Crippen LogP contribution < -0.4 is 10.2 Å². The van der Waals surface area contributed by atoms with Gasteiger partial charge in [-0.05, 0) is 37.1 Å². The summed E-state index contributed by atoms with van der Waals surface area (Å²) in [6.07, 6.45) is 3.47. The second-order valence-corrected chi connectivity index (χ2v) is 5.83. The Hall–Kier alpha value is -2.54. The molecule has 1 N–H and O–H groups in total. The van der Waals surface area contributed by atoms with Gasteiger partial charge in [-0.3, -0.25) is 4.79 Å². The number of morpholine rings is 1. The maximum absolute atomic E-state index is 12.3. The van der Waals surface area contributed by atoms with Crippen LogP contribution in [0.1, 0.15) is 23.2 Å². The van der Waals surface area contributed by atoms with Gasteiger partial charge in [-0.1, -0.05) is 0 Å². The van der Waals surface area contributed by atoms with Crippen molar-refractivity contribution in [1.29, 1.82) is 0 Å². The van der Waals surface area contributed by atoms with Crippen LogP contribution >= 0.6 is 0 Å². The minimum absolute atomic E-state index is 0.291. The number of hydrogen-bond donors (Lipinski definition) is 1. The predicted molar refractivity (Wildman–Crippen MR) is 92.7 cm³/mol. The molecule has 1 amide bonds. The number of benzene rings is 1. The van der Waals surface area contributed by atoms with E-state index < -0.39 is 5.97 Å². The lowest BCUT2D eigenvalue weighted by atomic mass is 10.1. The molecule has 0 saturated carbocycles. The fourth-order valence-electron chi connectivity index (χ4n) is 2.84. The van der Waals surface area contributed by atoms with Crippen LogP contribution in [0.2, 0.25) is 0 Å². The third-order valence-electron chi connectivity index (χ3n) is 4.19. The molecule has 0 aromatic heterocycles. The summed E-state index contributed by atoms with van der Waals surface area (Å²) in [6, 6.07) is 5.34. The van der Waals surface area contributed by atoms with E-state index in [1.807, 2.05) is 6.07 Å². The Bertz CT molecular complexity index is 680. The first-order chi connectivity index (χ1) is 12.2. The highest BCUT2D eigenvalue weighted by Gasteiger charge is 2.20. The normalized spacial score (nSPS) is 17.3. The molecule has 0 spiro atoms. The van der Waals surface area contributed by atoms with Crippen molar-refractivity contribution in [3.63, 3.8) is 0 Å². The number of amides is 1. The summed E-state index contributed by atoms with van der Waals surface area (Å²) in [5, 5.41) is 2.75. The van der Waals surface area contributed by atoms with Gasteiger partial charge in [-0.2, -0.15) is 0 Å². The molecular formula is C18H22N2O5. The molecule has 0 unspecified atom stereocenters. The van der Waals surface area contributed by atoms with Crippen molar-refractivity contribution >= 4 is 23.3 Å². The molecule has 0 atom stereocenters. The fraction of sp³-hybridized carbons (Fsp3) is 0.444. The Balaban J connectivity index is 1.83. The molecule has 2 aliphatic heterocycles. The number of rotatable bonds is 4. The summed E-state index contributed by atoms with van der Waals surface area (Å²) in [6.45, 7) is 3.34. The molecule has 0 radical (unpaired) electrons. The predicted octanol–water partition coefficient (Wildman–Crippen LogP) is 1.94. The Kier molecular flexibility index (Phi) is 5.55. The molecule has 1 aromatic carbocycles. The minimum atomic E-state index is -0.496. The zero-order valence-electron chi connectivity index (χ0n) is 14.2. The summed E-state index contributed by atoms with van der Waals surface area (Å²) >= 11 is 0. The number of ether oxygens (including phenoxy) is 3. The summed E-state index contributed by atoms with van der Waals surface area (Å²) in [5.74, 6) is -0.563. The Morgan fingerprint density at radius 2 is 2.00 bits per heavy atom. The SMILES string of the molecule is COC(=O)c1cc(N2CCOCC2)ccc1NC(=O)C1=CCCCO1. The third kappa shape index (κ3) is 4.11. The maximum atomic E-state index is 12.3. The van der Waals surface area contributed by atoms with Crippen LogP contribution in [0.15, 0.2) is 30.0 Å². The highest BCUT2D eigenvalue weighted by Crippen LogP contribution is 2.26. The average molecular weight is 346 g/mol. The van der Waals surface area contributed by atoms with E-state index in [9.17, 15) is 9.59 Å². The third-order valence-corrected chi connectivity index (χ3v) is 4.19. The van der Waals surface area contributed by atoms with Gasteiger partial charge in [0.15, 0.2) is 5.76 Å². The number of nitrogens with one attached hydrogen (secondary N) is 1. The lowest BCUT2D eigenvalue weighted by Gasteiger charge is -2.29. The standard InChI is InChI=1S/C18H22N2O5/c1-23-18(22)14-12-13(20-7-10-24-11-8-20)5-6-15(14)19-17(21)16-4-2-3-9-25-16/h4-6,12H,2-3,7-11H2,1H3,(H,19,21). The van der Waals surface area contributed by atoms with E-state index in [2.05, 4.69) is 10.2 Å². The molecule has 1 saturated heterocycles. The largest absolute Gasteiger partial charge is 0.488 e. The van der Waals surface area contributed by atoms with E-state index >= 15 is 0 Å². The van der Waals surface area contributed by atoms with Gasteiger partial charge in [0.25, 0.3) is 5.91 Å². The number of esters is 1. The van der Waals surface area contributed by atoms with Crippen molar-refractivity contribution in [2.45, 2.75) is 12.8 Å². The molecule has 1 aromatic rings. The Labute approximate surface area is 146 Å². The number of anilines is 2. The highest BCUT2D eigenvalue weighted by atomic mass is 16.5. The van der Waals surface area contributed by atoms with E-state index in [0.29, 0.717) is 36.8 Å². The molecule has 25 heavy (non-hydrogen) atoms. The van der Waals surface area contributed by atoms with Crippen LogP contribution in [0, 0.1) is 0 Å². The quantitative estimate of drug-likeness (QED) is 0.840. The molecule has 7 nitrogen and oxygen atoms in total. The lowest BCUT2D eigenvalue weighted by Crippen LogP contribution is -2.36. The molecule has 0 bridgehead atoms. The number of hydrogen-bond acceptors (Lipinski definition) is 6. The Morgan fingerprint density at radius 1 is 1.20 bits per heavy atom. The zero-order chi connectivity index (χ0) is 17.6. The average Bonchev–Trinajstić information content (AvgIpc) is 2.69. The summed E-state index contributed by atoms with van der Waals surface area (Å²) in [5.41, 5.74) is 1.62. The molecule has 2 aliphatic rings. The molecule has 1 fully saturated rings. The first-order valence-corrected chi connectivity index (χ1v) is 8.38. The maximum Gasteiger partial charge on any atom is 0.340 e. The van der Waals surface area contributed by atoms with Crippen molar-refractivity contribution in [2.24, 2.45) is 0 Å². The van der Waals surface area contributed by atoms with Crippen molar-refractivity contribution in [3.05, 3.63) is 35.6 Å². The Morgan fingerprint density at radius 3 is 2.68 bits per heavy atom. The van der Waals surface area contributed by atoms with Crippen molar-refractivity contribution in [1.82, 2.24) is 0 Å². The van der Waals surface area contributed by atoms with Crippen LogP contribution in [-0.4, -0.2) is 51.9 Å². The van der Waals surface area contributed by atoms with Gasteiger partial charge < -0.3 is 24.4 Å². The molecule has 0 aliphatic carbocycles. The van der Waals surface area contributed by atoms with Crippen LogP contribution in [0.25, 0.3) is 0 Å². The molecule has 2 heterocycles. The molecule has 7 heteroatoms. The van der Waals surface area contributed by atoms with E-state index in [1.54, 1.807) is 18.2 Å². The number of carbonyl (C=O) groups is 2. The fourth-order valence-corrected chi connectivity index (χ4v) is 2.84. The van der Waals surface area contributed by atoms with Crippen molar-refractivity contribution in [3.8, 4) is 0 Å². The first-order valence-electron chi connectivity index (χ1n) is 8.38. The second kappa shape index (κ2) is 8.02. The lowest BCUT2D eigenvalue weighted by molar-refractivity contribution is -0.116. The van der Waals surface area contributed by atoms with Crippen molar-refractivity contribution in [2.75, 3.05) is 50.2 Å². The number of methoxy groups -OCH3 is 1. The summed E-state index contributed by atoms with van der Waals surface area (Å²) < 4.78 is 15.6. The smallest absolute Gasteiger partial charge is 0.340 e. The molecule has 134 valence electrons. The van der Waals surface area contributed by atoms with Crippen LogP contribution in [0.5, 0.6) is 0 Å². The second-order valence-electron chi connectivity index (χ2n) is 5.83. The molecular weight excluding hydrogens is 324 g/mol. The summed E-state index contributed by atoms with van der Waals surface area (Å²) in [7, 11) is 1.32. The summed E-state index contributed by atoms with van der Waals surface area (Å²) in [4.78, 5) is 26.6. The van der Waals surface area contributed by atoms with E-state index in [1.165, 1.54) is 7.11 Å². The van der Waals surface area contributed by atoms with Crippen molar-refractivity contribution < 1.29 is 23.8 Å².